The molecule has 0 aromatic heterocycles. The number of hydrogen-bond acceptors (Lipinski definition) is 2. The molecule has 0 heterocycles. The molecule has 0 bridgehead atoms. The molecular formula is C11H11F2NS. The first-order valence-electron chi connectivity index (χ1n) is 4.58. The fourth-order valence-corrected chi connectivity index (χ4v) is 1.79. The molecule has 0 saturated heterocycles. The summed E-state index contributed by atoms with van der Waals surface area (Å²) in [4.78, 5) is 0. The maximum Gasteiger partial charge on any atom is 0.133 e. The van der Waals surface area contributed by atoms with Crippen molar-refractivity contribution in [1.82, 2.24) is 0 Å². The minimum absolute atomic E-state index is 0.158. The van der Waals surface area contributed by atoms with Gasteiger partial charge in [-0.15, -0.1) is 0 Å². The van der Waals surface area contributed by atoms with Crippen molar-refractivity contribution in [2.75, 3.05) is 5.75 Å². The first-order chi connectivity index (χ1) is 7.13. The lowest BCUT2D eigenvalue weighted by molar-refractivity contribution is 0.561. The van der Waals surface area contributed by atoms with Crippen molar-refractivity contribution in [1.29, 1.82) is 5.26 Å². The Kier molecular flexibility index (Phi) is 4.57. The number of halogens is 2. The van der Waals surface area contributed by atoms with Crippen LogP contribution in [-0.4, -0.2) is 5.75 Å². The Bertz CT molecular complexity index is 373. The first kappa shape index (κ1) is 12.0. The van der Waals surface area contributed by atoms with Crippen molar-refractivity contribution in [2.45, 2.75) is 13.3 Å². The molecule has 0 radical (unpaired) electrons. The van der Waals surface area contributed by atoms with E-state index in [1.807, 2.05) is 12.3 Å². The molecule has 0 aliphatic rings. The van der Waals surface area contributed by atoms with E-state index in [4.69, 9.17) is 5.26 Å². The fourth-order valence-electron chi connectivity index (χ4n) is 1.31. The smallest absolute Gasteiger partial charge is 0.133 e. The Morgan fingerprint density at radius 2 is 2.20 bits per heavy atom. The molecular weight excluding hydrogens is 216 g/mol. The monoisotopic (exact) mass is 227 g/mol. The average molecular weight is 227 g/mol. The van der Waals surface area contributed by atoms with E-state index in [0.29, 0.717) is 17.7 Å². The molecule has 1 atom stereocenters. The van der Waals surface area contributed by atoms with Gasteiger partial charge in [0.2, 0.25) is 0 Å². The number of hydrogen-bond donors (Lipinski definition) is 0. The maximum atomic E-state index is 13.2. The predicted octanol–water partition coefficient (Wildman–Crippen LogP) is 3.36. The van der Waals surface area contributed by atoms with Crippen molar-refractivity contribution < 1.29 is 8.78 Å². The highest BCUT2D eigenvalue weighted by Crippen LogP contribution is 2.17. The Morgan fingerprint density at radius 3 is 2.87 bits per heavy atom. The van der Waals surface area contributed by atoms with Crippen LogP contribution in [-0.2, 0) is 6.42 Å². The van der Waals surface area contributed by atoms with E-state index in [1.54, 1.807) is 0 Å². The number of nitrogens with zero attached hydrogens (tertiary/aromatic N) is 1. The summed E-state index contributed by atoms with van der Waals surface area (Å²) in [5.41, 5.74) is 0.376. The van der Waals surface area contributed by atoms with E-state index >= 15 is 0 Å². The lowest BCUT2D eigenvalue weighted by Gasteiger charge is -2.09. The van der Waals surface area contributed by atoms with Gasteiger partial charge in [0.1, 0.15) is 17.0 Å². The Labute approximate surface area is 92.1 Å². The van der Waals surface area contributed by atoms with Gasteiger partial charge in [-0.25, -0.2) is 8.78 Å². The SMILES string of the molecule is CC(CSC#N)Cc1cc(F)ccc1F. The molecule has 0 N–H and O–H groups in total. The lowest BCUT2D eigenvalue weighted by atomic mass is 10.0. The normalized spacial score (nSPS) is 12.1. The quantitative estimate of drug-likeness (QED) is 0.736. The largest absolute Gasteiger partial charge is 0.207 e. The molecule has 0 fully saturated rings. The van der Waals surface area contributed by atoms with E-state index < -0.39 is 5.82 Å². The zero-order valence-corrected chi connectivity index (χ0v) is 9.15. The van der Waals surface area contributed by atoms with E-state index in [1.165, 1.54) is 6.07 Å². The summed E-state index contributed by atoms with van der Waals surface area (Å²) in [7, 11) is 0. The molecule has 0 saturated carbocycles. The maximum absolute atomic E-state index is 13.2. The number of benzene rings is 1. The zero-order chi connectivity index (χ0) is 11.3. The standard InChI is InChI=1S/C11H11F2NS/c1-8(6-15-7-14)4-9-5-10(12)2-3-11(9)13/h2-3,5,8H,4,6H2,1H3. The highest BCUT2D eigenvalue weighted by molar-refractivity contribution is 8.03. The molecule has 1 aromatic carbocycles. The van der Waals surface area contributed by atoms with Gasteiger partial charge in [-0.3, -0.25) is 0 Å². The minimum atomic E-state index is -0.425. The second-order valence-electron chi connectivity index (χ2n) is 3.45. The number of nitriles is 1. The third-order valence-electron chi connectivity index (χ3n) is 2.01. The Balaban J connectivity index is 2.64. The van der Waals surface area contributed by atoms with Crippen molar-refractivity contribution in [3.8, 4) is 5.40 Å². The van der Waals surface area contributed by atoms with Crippen LogP contribution in [0.1, 0.15) is 12.5 Å². The summed E-state index contributed by atoms with van der Waals surface area (Å²) in [6.07, 6.45) is 0.457. The van der Waals surface area contributed by atoms with Crippen LogP contribution >= 0.6 is 11.8 Å². The molecule has 0 aliphatic heterocycles. The van der Waals surface area contributed by atoms with Gasteiger partial charge >= 0.3 is 0 Å². The summed E-state index contributed by atoms with van der Waals surface area (Å²) in [5, 5.41) is 10.3. The van der Waals surface area contributed by atoms with Crippen LogP contribution in [0.15, 0.2) is 18.2 Å². The second-order valence-corrected chi connectivity index (χ2v) is 4.25. The molecule has 0 spiro atoms. The molecule has 0 amide bonds. The molecule has 1 nitrogen and oxygen atoms in total. The summed E-state index contributed by atoms with van der Waals surface area (Å²) >= 11 is 1.13. The first-order valence-corrected chi connectivity index (χ1v) is 5.57. The third kappa shape index (κ3) is 3.88. The number of thioether (sulfide) groups is 1. The zero-order valence-electron chi connectivity index (χ0n) is 8.34. The molecule has 80 valence electrons. The van der Waals surface area contributed by atoms with Crippen LogP contribution in [0.3, 0.4) is 0 Å². The molecule has 4 heteroatoms. The predicted molar refractivity (Wildman–Crippen MR) is 57.3 cm³/mol. The van der Waals surface area contributed by atoms with Crippen LogP contribution < -0.4 is 0 Å². The molecule has 1 unspecified atom stereocenters. The highest BCUT2D eigenvalue weighted by Gasteiger charge is 2.09. The summed E-state index contributed by atoms with van der Waals surface area (Å²) in [6.45, 7) is 1.91. The topological polar surface area (TPSA) is 23.8 Å². The van der Waals surface area contributed by atoms with Gasteiger partial charge in [-0.05, 0) is 47.9 Å². The van der Waals surface area contributed by atoms with Crippen LogP contribution in [0, 0.1) is 28.2 Å². The van der Waals surface area contributed by atoms with Crippen molar-refractivity contribution in [2.24, 2.45) is 5.92 Å². The molecule has 1 aromatic rings. The van der Waals surface area contributed by atoms with Gasteiger partial charge in [0.05, 0.1) is 0 Å². The summed E-state index contributed by atoms with van der Waals surface area (Å²) < 4.78 is 26.0. The summed E-state index contributed by atoms with van der Waals surface area (Å²) in [6, 6.07) is 3.45. The third-order valence-corrected chi connectivity index (χ3v) is 2.87. The van der Waals surface area contributed by atoms with Crippen LogP contribution in [0.25, 0.3) is 0 Å². The van der Waals surface area contributed by atoms with Gasteiger partial charge in [0.15, 0.2) is 0 Å². The molecule has 15 heavy (non-hydrogen) atoms. The average Bonchev–Trinajstić information content (AvgIpc) is 2.20. The van der Waals surface area contributed by atoms with Gasteiger partial charge in [0, 0.05) is 5.75 Å². The summed E-state index contributed by atoms with van der Waals surface area (Å²) in [5.74, 6) is -0.0189. The van der Waals surface area contributed by atoms with Gasteiger partial charge in [-0.2, -0.15) is 5.26 Å². The van der Waals surface area contributed by atoms with Crippen LogP contribution in [0.4, 0.5) is 8.78 Å². The van der Waals surface area contributed by atoms with E-state index in [2.05, 4.69) is 0 Å². The Hall–Kier alpha value is -1.08. The van der Waals surface area contributed by atoms with E-state index in [0.717, 1.165) is 23.9 Å². The van der Waals surface area contributed by atoms with Crippen molar-refractivity contribution in [3.63, 3.8) is 0 Å². The lowest BCUT2D eigenvalue weighted by Crippen LogP contribution is -2.04. The highest BCUT2D eigenvalue weighted by atomic mass is 32.2. The number of rotatable bonds is 4. The van der Waals surface area contributed by atoms with Crippen LogP contribution in [0.2, 0.25) is 0 Å². The fraction of sp³-hybridized carbons (Fsp3) is 0.364. The Morgan fingerprint density at radius 1 is 1.47 bits per heavy atom. The van der Waals surface area contributed by atoms with Crippen molar-refractivity contribution in [3.05, 3.63) is 35.4 Å². The molecule has 1 rings (SSSR count). The van der Waals surface area contributed by atoms with Crippen LogP contribution in [0.5, 0.6) is 0 Å². The van der Waals surface area contributed by atoms with Gasteiger partial charge in [-0.1, -0.05) is 6.92 Å². The van der Waals surface area contributed by atoms with E-state index in [9.17, 15) is 8.78 Å². The number of thiocyanates is 1. The molecule has 0 aliphatic carbocycles. The van der Waals surface area contributed by atoms with Gasteiger partial charge in [0.25, 0.3) is 0 Å². The minimum Gasteiger partial charge on any atom is -0.207 e. The second kappa shape index (κ2) is 5.72. The van der Waals surface area contributed by atoms with Gasteiger partial charge < -0.3 is 0 Å². The van der Waals surface area contributed by atoms with E-state index in [-0.39, 0.29) is 11.7 Å². The van der Waals surface area contributed by atoms with Crippen molar-refractivity contribution >= 4 is 11.8 Å².